The number of rotatable bonds is 4. The van der Waals surface area contributed by atoms with Gasteiger partial charge < -0.3 is 14.8 Å². The maximum absolute atomic E-state index is 4.80. The third-order valence-electron chi connectivity index (χ3n) is 5.63. The highest BCUT2D eigenvalue weighted by Gasteiger charge is 2.19. The van der Waals surface area contributed by atoms with Crippen LogP contribution in [0.4, 0.5) is 5.69 Å². The van der Waals surface area contributed by atoms with Crippen LogP contribution in [0.15, 0.2) is 35.3 Å². The molecule has 0 amide bonds. The summed E-state index contributed by atoms with van der Waals surface area (Å²) in [6.07, 6.45) is 0. The molecule has 3 aromatic rings. The number of likely N-dealkylation sites (N-methyl/N-ethyl adjacent to an activating group) is 1. The molecule has 1 aromatic heterocycles. The molecule has 0 unspecified atom stereocenters. The van der Waals surface area contributed by atoms with Gasteiger partial charge in [0.25, 0.3) is 0 Å². The lowest BCUT2D eigenvalue weighted by molar-refractivity contribution is 0.557. The largest absolute Gasteiger partial charge is 0.379 e. The highest BCUT2D eigenvalue weighted by atomic mass is 15.2. The van der Waals surface area contributed by atoms with Crippen molar-refractivity contribution in [3.05, 3.63) is 58.4 Å². The fourth-order valence-corrected chi connectivity index (χ4v) is 3.82. The minimum Gasteiger partial charge on any atom is -0.379 e. The van der Waals surface area contributed by atoms with Gasteiger partial charge >= 0.3 is 0 Å². The summed E-state index contributed by atoms with van der Waals surface area (Å²) in [6.45, 7) is 9.01. The summed E-state index contributed by atoms with van der Waals surface area (Å²) in [5.41, 5.74) is 8.34. The van der Waals surface area contributed by atoms with Crippen LogP contribution in [0.25, 0.3) is 11.0 Å². The van der Waals surface area contributed by atoms with E-state index in [9.17, 15) is 0 Å². The molecule has 0 atom stereocenters. The van der Waals surface area contributed by atoms with E-state index in [4.69, 9.17) is 9.98 Å². The van der Waals surface area contributed by atoms with E-state index in [2.05, 4.69) is 73.1 Å². The van der Waals surface area contributed by atoms with E-state index in [1.54, 1.807) is 0 Å². The molecule has 0 aliphatic carbocycles. The topological polar surface area (TPSA) is 45.5 Å². The second-order valence-corrected chi connectivity index (χ2v) is 7.46. The van der Waals surface area contributed by atoms with E-state index in [0.29, 0.717) is 0 Å². The van der Waals surface area contributed by atoms with Crippen LogP contribution in [-0.2, 0) is 13.6 Å². The second-order valence-electron chi connectivity index (χ2n) is 7.46. The molecule has 2 aromatic carbocycles. The van der Waals surface area contributed by atoms with Crippen LogP contribution in [0.2, 0.25) is 0 Å². The van der Waals surface area contributed by atoms with Gasteiger partial charge in [0.15, 0.2) is 0 Å². The predicted molar refractivity (Wildman–Crippen MR) is 113 cm³/mol. The third-order valence-corrected chi connectivity index (χ3v) is 5.63. The third kappa shape index (κ3) is 3.07. The Bertz CT molecular complexity index is 1020. The lowest BCUT2D eigenvalue weighted by atomic mass is 10.0. The minimum atomic E-state index is 0.787. The van der Waals surface area contributed by atoms with E-state index in [1.807, 2.05) is 6.92 Å². The fourth-order valence-electron chi connectivity index (χ4n) is 3.82. The Balaban J connectivity index is 1.78. The monoisotopic (exact) mass is 361 g/mol. The number of aliphatic imine (C=N–C) groups is 1. The number of nitrogens with zero attached hydrogens (tertiary/aromatic N) is 4. The van der Waals surface area contributed by atoms with E-state index < -0.39 is 0 Å². The minimum absolute atomic E-state index is 0.787. The van der Waals surface area contributed by atoms with Crippen molar-refractivity contribution in [2.75, 3.05) is 25.5 Å². The van der Waals surface area contributed by atoms with Crippen LogP contribution >= 0.6 is 0 Å². The summed E-state index contributed by atoms with van der Waals surface area (Å²) in [7, 11) is 4.18. The van der Waals surface area contributed by atoms with Gasteiger partial charge in [-0.05, 0) is 49.6 Å². The van der Waals surface area contributed by atoms with Crippen molar-refractivity contribution in [2.24, 2.45) is 12.0 Å². The standard InChI is InChI=1S/C22H27N5/c1-14-7-6-8-15(2)18(14)13-24-19-11-17(22-23-9-10-26(22)4)12-20-21(19)25-16(3)27(20)5/h6-8,11-12,24H,9-10,13H2,1-5H3. The number of hydrogen-bond acceptors (Lipinski definition) is 4. The first kappa shape index (κ1) is 17.6. The fraction of sp³-hybridized carbons (Fsp3) is 0.364. The van der Waals surface area contributed by atoms with Crippen LogP contribution < -0.4 is 5.32 Å². The van der Waals surface area contributed by atoms with Gasteiger partial charge in [-0.15, -0.1) is 0 Å². The molecule has 0 bridgehead atoms. The number of anilines is 1. The molecule has 0 saturated carbocycles. The Morgan fingerprint density at radius 2 is 1.81 bits per heavy atom. The van der Waals surface area contributed by atoms with Gasteiger partial charge in [-0.1, -0.05) is 18.2 Å². The molecule has 27 heavy (non-hydrogen) atoms. The van der Waals surface area contributed by atoms with Crippen molar-refractivity contribution in [2.45, 2.75) is 27.3 Å². The van der Waals surface area contributed by atoms with Gasteiger partial charge in [0.05, 0.1) is 17.7 Å². The number of amidine groups is 1. The van der Waals surface area contributed by atoms with Crippen LogP contribution in [0.5, 0.6) is 0 Å². The number of hydrogen-bond donors (Lipinski definition) is 1. The maximum Gasteiger partial charge on any atom is 0.130 e. The van der Waals surface area contributed by atoms with Crippen LogP contribution in [0, 0.1) is 20.8 Å². The highest BCUT2D eigenvalue weighted by Crippen LogP contribution is 2.28. The molecule has 1 N–H and O–H groups in total. The van der Waals surface area contributed by atoms with Crippen molar-refractivity contribution in [1.82, 2.24) is 14.5 Å². The number of aromatic nitrogens is 2. The zero-order chi connectivity index (χ0) is 19.1. The molecule has 5 nitrogen and oxygen atoms in total. The number of aryl methyl sites for hydroxylation is 4. The van der Waals surface area contributed by atoms with Crippen molar-refractivity contribution < 1.29 is 0 Å². The maximum atomic E-state index is 4.80. The van der Waals surface area contributed by atoms with Crippen LogP contribution in [-0.4, -0.2) is 40.4 Å². The molecule has 1 aliphatic rings. The first-order valence-corrected chi connectivity index (χ1v) is 9.47. The summed E-state index contributed by atoms with van der Waals surface area (Å²) in [6, 6.07) is 10.9. The van der Waals surface area contributed by atoms with Crippen LogP contribution in [0.3, 0.4) is 0 Å². The molecule has 2 heterocycles. The molecule has 0 saturated heterocycles. The Kier molecular flexibility index (Phi) is 4.38. The van der Waals surface area contributed by atoms with E-state index in [1.165, 1.54) is 16.7 Å². The molecule has 0 fully saturated rings. The van der Waals surface area contributed by atoms with Gasteiger partial charge in [-0.25, -0.2) is 4.98 Å². The quantitative estimate of drug-likeness (QED) is 0.769. The summed E-state index contributed by atoms with van der Waals surface area (Å²) in [4.78, 5) is 11.7. The highest BCUT2D eigenvalue weighted by molar-refractivity contribution is 6.04. The number of fused-ring (bicyclic) bond motifs is 1. The Hall–Kier alpha value is -2.82. The Labute approximate surface area is 160 Å². The number of benzene rings is 2. The van der Waals surface area contributed by atoms with Crippen molar-refractivity contribution in [1.29, 1.82) is 0 Å². The zero-order valence-electron chi connectivity index (χ0n) is 16.8. The Morgan fingerprint density at radius 3 is 2.48 bits per heavy atom. The van der Waals surface area contributed by atoms with E-state index in [0.717, 1.165) is 53.6 Å². The zero-order valence-corrected chi connectivity index (χ0v) is 16.8. The van der Waals surface area contributed by atoms with Crippen LogP contribution in [0.1, 0.15) is 28.1 Å². The van der Waals surface area contributed by atoms with E-state index >= 15 is 0 Å². The molecule has 140 valence electrons. The van der Waals surface area contributed by atoms with Gasteiger partial charge in [0, 0.05) is 32.7 Å². The SMILES string of the molecule is Cc1cccc(C)c1CNc1cc(C2=NCCN2C)cc2c1nc(C)n2C. The molecule has 0 radical (unpaired) electrons. The summed E-state index contributed by atoms with van der Waals surface area (Å²) in [5.74, 6) is 2.07. The first-order valence-electron chi connectivity index (χ1n) is 9.47. The van der Waals surface area contributed by atoms with Crippen molar-refractivity contribution >= 4 is 22.6 Å². The summed E-state index contributed by atoms with van der Waals surface area (Å²) in [5, 5.41) is 3.66. The smallest absolute Gasteiger partial charge is 0.130 e. The molecule has 0 spiro atoms. The molecular formula is C22H27N5. The number of imidazole rings is 1. The average molecular weight is 361 g/mol. The average Bonchev–Trinajstić information content (AvgIpc) is 3.18. The number of nitrogens with one attached hydrogen (secondary N) is 1. The van der Waals surface area contributed by atoms with Gasteiger partial charge in [0.1, 0.15) is 17.2 Å². The molecule has 5 heteroatoms. The molecule has 1 aliphatic heterocycles. The summed E-state index contributed by atoms with van der Waals surface area (Å²) < 4.78 is 2.15. The van der Waals surface area contributed by atoms with Crippen molar-refractivity contribution in [3.8, 4) is 0 Å². The Morgan fingerprint density at radius 1 is 1.07 bits per heavy atom. The lowest BCUT2D eigenvalue weighted by Crippen LogP contribution is -2.23. The van der Waals surface area contributed by atoms with Gasteiger partial charge in [0.2, 0.25) is 0 Å². The molecular weight excluding hydrogens is 334 g/mol. The van der Waals surface area contributed by atoms with E-state index in [-0.39, 0.29) is 0 Å². The molecule has 4 rings (SSSR count). The summed E-state index contributed by atoms with van der Waals surface area (Å²) >= 11 is 0. The predicted octanol–water partition coefficient (Wildman–Crippen LogP) is 3.80. The van der Waals surface area contributed by atoms with Gasteiger partial charge in [-0.3, -0.25) is 4.99 Å². The normalized spacial score (nSPS) is 14.1. The van der Waals surface area contributed by atoms with Crippen molar-refractivity contribution in [3.63, 3.8) is 0 Å². The lowest BCUT2D eigenvalue weighted by Gasteiger charge is -2.17. The first-order chi connectivity index (χ1) is 13.0. The second kappa shape index (κ2) is 6.72. The van der Waals surface area contributed by atoms with Gasteiger partial charge in [-0.2, -0.15) is 0 Å².